The third kappa shape index (κ3) is 45.7. The molecule has 0 aliphatic carbocycles. The number of carbonyl (C=O) groups excluding carboxylic acids is 2. The van der Waals surface area contributed by atoms with Crippen LogP contribution in [0.3, 0.4) is 0 Å². The Bertz CT molecular complexity index is 1050. The van der Waals surface area contributed by atoms with E-state index in [2.05, 4.69) is 190 Å². The van der Waals surface area contributed by atoms with Gasteiger partial charge in [-0.05, 0) is 160 Å². The molecule has 3 heterocycles. The van der Waals surface area contributed by atoms with Gasteiger partial charge in [-0.25, -0.2) is 0 Å². The third-order valence-electron chi connectivity index (χ3n) is 12.8. The van der Waals surface area contributed by atoms with Crippen LogP contribution in [0.4, 0.5) is 0 Å². The second-order valence-electron chi connectivity index (χ2n) is 22.4. The van der Waals surface area contributed by atoms with E-state index in [1.807, 2.05) is 13.8 Å². The maximum absolute atomic E-state index is 10.8. The average Bonchev–Trinajstić information content (AvgIpc) is 3.24. The van der Waals surface area contributed by atoms with Gasteiger partial charge < -0.3 is 24.8 Å². The Morgan fingerprint density at radius 2 is 0.881 bits per heavy atom. The molecule has 1 N–H and O–H groups in total. The highest BCUT2D eigenvalue weighted by Gasteiger charge is 2.20. The number of nitrogens with one attached hydrogen (secondary N) is 1. The molecule has 3 rings (SSSR count). The summed E-state index contributed by atoms with van der Waals surface area (Å²) in [6.45, 7) is 63.9. The number of ketones is 1. The molecule has 11 nitrogen and oxygen atoms in total. The third-order valence-corrected chi connectivity index (χ3v) is 12.8. The van der Waals surface area contributed by atoms with Gasteiger partial charge in [0.2, 0.25) is 0 Å². The first-order valence-corrected chi connectivity index (χ1v) is 27.4. The van der Waals surface area contributed by atoms with Crippen molar-refractivity contribution < 1.29 is 14.3 Å². The van der Waals surface area contributed by atoms with Crippen molar-refractivity contribution in [2.45, 2.75) is 201 Å². The topological polar surface area (TPSA) is 78.1 Å². The Kier molecular flexibility index (Phi) is 48.3. The van der Waals surface area contributed by atoms with Crippen molar-refractivity contribution in [2.24, 2.45) is 29.6 Å². The molecule has 0 saturated carbocycles. The van der Waals surface area contributed by atoms with Crippen LogP contribution in [0, 0.1) is 29.6 Å². The summed E-state index contributed by atoms with van der Waals surface area (Å²) in [6.07, 6.45) is 4.63. The monoisotopic (exact) mass is 957 g/mol. The van der Waals surface area contributed by atoms with Crippen LogP contribution in [-0.4, -0.2) is 203 Å². The SMILES string of the molecule is CC(=O)C(C)CC(C)C.CC(C)CCCN(C)C.CC(C)N1CCN(C(C)C)CC1.CC(C)N1CCN(C)CC1.CC(C)N1CCNCC1.CCN(CC)C(C)C.COC(=O)C(C)CC(C)C. The van der Waals surface area contributed by atoms with E-state index in [0.717, 1.165) is 56.0 Å². The minimum absolute atomic E-state index is 0.0463. The molecule has 0 aromatic heterocycles. The van der Waals surface area contributed by atoms with E-state index in [1.54, 1.807) is 6.92 Å². The molecular formula is C56H124N8O3. The summed E-state index contributed by atoms with van der Waals surface area (Å²) in [5, 5.41) is 3.33. The van der Waals surface area contributed by atoms with E-state index < -0.39 is 0 Å². The smallest absolute Gasteiger partial charge is 0.308 e. The molecule has 2 unspecified atom stereocenters. The molecule has 406 valence electrons. The molecule has 67 heavy (non-hydrogen) atoms. The fraction of sp³-hybridized carbons (Fsp3) is 0.964. The normalized spacial score (nSPS) is 17.4. The van der Waals surface area contributed by atoms with Crippen LogP contribution in [0.1, 0.15) is 171 Å². The summed E-state index contributed by atoms with van der Waals surface area (Å²) in [5.74, 6) is 2.58. The lowest BCUT2D eigenvalue weighted by Crippen LogP contribution is -2.50. The van der Waals surface area contributed by atoms with Crippen LogP contribution in [0.2, 0.25) is 0 Å². The van der Waals surface area contributed by atoms with E-state index in [9.17, 15) is 9.59 Å². The lowest BCUT2D eigenvalue weighted by molar-refractivity contribution is -0.145. The average molecular weight is 958 g/mol. The quantitative estimate of drug-likeness (QED) is 0.142. The molecule has 2 atom stereocenters. The van der Waals surface area contributed by atoms with Gasteiger partial charge in [0, 0.05) is 115 Å². The number of likely N-dealkylation sites (N-methyl/N-ethyl adjacent to an activating group) is 1. The van der Waals surface area contributed by atoms with Gasteiger partial charge in [0.25, 0.3) is 0 Å². The number of piperazine rings is 3. The predicted molar refractivity (Wildman–Crippen MR) is 298 cm³/mol. The molecule has 0 amide bonds. The van der Waals surface area contributed by atoms with Gasteiger partial charge in [-0.15, -0.1) is 0 Å². The molecule has 11 heteroatoms. The van der Waals surface area contributed by atoms with Crippen LogP contribution in [0.25, 0.3) is 0 Å². The second kappa shape index (κ2) is 44.7. The molecule has 0 bridgehead atoms. The zero-order chi connectivity index (χ0) is 52.8. The summed E-state index contributed by atoms with van der Waals surface area (Å²) < 4.78 is 4.57. The summed E-state index contributed by atoms with van der Waals surface area (Å²) in [6, 6.07) is 3.62. The van der Waals surface area contributed by atoms with Gasteiger partial charge in [-0.2, -0.15) is 0 Å². The minimum Gasteiger partial charge on any atom is -0.469 e. The second-order valence-corrected chi connectivity index (χ2v) is 22.4. The molecule has 0 radical (unpaired) electrons. The minimum atomic E-state index is -0.103. The largest absolute Gasteiger partial charge is 0.469 e. The van der Waals surface area contributed by atoms with Crippen molar-refractivity contribution in [3.05, 3.63) is 0 Å². The fourth-order valence-corrected chi connectivity index (χ4v) is 7.95. The van der Waals surface area contributed by atoms with Crippen LogP contribution in [0.5, 0.6) is 0 Å². The molecule has 3 aliphatic rings. The van der Waals surface area contributed by atoms with Crippen LogP contribution in [0.15, 0.2) is 0 Å². The summed E-state index contributed by atoms with van der Waals surface area (Å²) in [5.41, 5.74) is 0. The highest BCUT2D eigenvalue weighted by molar-refractivity contribution is 5.77. The van der Waals surface area contributed by atoms with Crippen molar-refractivity contribution in [2.75, 3.05) is 126 Å². The number of esters is 1. The van der Waals surface area contributed by atoms with Crippen molar-refractivity contribution >= 4 is 11.8 Å². The Labute approximate surface area is 421 Å². The lowest BCUT2D eigenvalue weighted by atomic mass is 9.96. The van der Waals surface area contributed by atoms with Gasteiger partial charge in [0.1, 0.15) is 5.78 Å². The molecule has 0 aromatic rings. The molecule has 0 aromatic carbocycles. The van der Waals surface area contributed by atoms with Gasteiger partial charge in [0.15, 0.2) is 0 Å². The van der Waals surface area contributed by atoms with Crippen LogP contribution >= 0.6 is 0 Å². The first-order valence-electron chi connectivity index (χ1n) is 27.4. The fourth-order valence-electron chi connectivity index (χ4n) is 7.95. The Hall–Kier alpha value is -1.18. The van der Waals surface area contributed by atoms with Gasteiger partial charge in [-0.3, -0.25) is 29.2 Å². The first kappa shape index (κ1) is 72.4. The van der Waals surface area contributed by atoms with Crippen molar-refractivity contribution in [3.8, 4) is 0 Å². The summed E-state index contributed by atoms with van der Waals surface area (Å²) in [4.78, 5) is 38.7. The number of ether oxygens (including phenoxy) is 1. The predicted octanol–water partition coefficient (Wildman–Crippen LogP) is 10.2. The Morgan fingerprint density at radius 3 is 1.10 bits per heavy atom. The summed E-state index contributed by atoms with van der Waals surface area (Å²) >= 11 is 0. The van der Waals surface area contributed by atoms with E-state index in [4.69, 9.17) is 0 Å². The number of hydrogen-bond acceptors (Lipinski definition) is 11. The molecule has 3 fully saturated rings. The maximum Gasteiger partial charge on any atom is 0.308 e. The lowest BCUT2D eigenvalue weighted by Gasteiger charge is -2.38. The number of carbonyl (C=O) groups is 2. The van der Waals surface area contributed by atoms with Gasteiger partial charge >= 0.3 is 5.97 Å². The van der Waals surface area contributed by atoms with Crippen molar-refractivity contribution in [3.63, 3.8) is 0 Å². The number of methoxy groups -OCH3 is 1. The number of rotatable bonds is 17. The van der Waals surface area contributed by atoms with E-state index in [0.29, 0.717) is 23.7 Å². The van der Waals surface area contributed by atoms with Crippen molar-refractivity contribution in [1.82, 2.24) is 39.6 Å². The van der Waals surface area contributed by atoms with Gasteiger partial charge in [-0.1, -0.05) is 69.2 Å². The zero-order valence-electron chi connectivity index (χ0n) is 50.1. The number of Topliss-reactive ketones (excluding diaryl/α,β-unsaturated/α-hetero) is 1. The van der Waals surface area contributed by atoms with E-state index in [1.165, 1.54) is 105 Å². The Morgan fingerprint density at radius 1 is 0.537 bits per heavy atom. The Balaban J connectivity index is -0.000000347. The van der Waals surface area contributed by atoms with E-state index in [-0.39, 0.29) is 17.8 Å². The standard InChI is InChI=1S/C10H22N2.C8H18N2.C8H19N.C8H16O2.C8H16O.C7H16N2.C7H17N/c1-9(2)11-5-7-12(8-6-11)10(3)4;1-8(2)10-6-4-9(3)5-7-10;1-8(2)6-5-7-9(3)4;1-6(2)5-7(3)8(9)10-4;1-6(2)5-7(3)8(4)9;1-7(2)9-5-3-8-4-6-9;1-5-8(6-2)7(3)4/h9-10H,5-8H2,1-4H3;8H,4-7H2,1-3H3;8H,5-7H2,1-4H3;6-7H,5H2,1-4H3;6-7H,5H2,1-4H3;7-8H,3-6H2,1-2H3;7H,5-6H2,1-4H3. The van der Waals surface area contributed by atoms with Crippen LogP contribution in [-0.2, 0) is 14.3 Å². The molecule has 0 spiro atoms. The maximum atomic E-state index is 10.8. The number of hydrogen-bond donors (Lipinski definition) is 1. The van der Waals surface area contributed by atoms with Crippen LogP contribution < -0.4 is 5.32 Å². The van der Waals surface area contributed by atoms with E-state index >= 15 is 0 Å². The van der Waals surface area contributed by atoms with Gasteiger partial charge in [0.05, 0.1) is 13.0 Å². The zero-order valence-corrected chi connectivity index (χ0v) is 50.1. The molecule has 3 aliphatic heterocycles. The highest BCUT2D eigenvalue weighted by Crippen LogP contribution is 2.13. The molecular weight excluding hydrogens is 833 g/mol. The summed E-state index contributed by atoms with van der Waals surface area (Å²) in [7, 11) is 7.87. The van der Waals surface area contributed by atoms with Crippen molar-refractivity contribution in [1.29, 1.82) is 0 Å². The highest BCUT2D eigenvalue weighted by atomic mass is 16.5. The first-order chi connectivity index (χ1) is 31.1. The number of nitrogens with zero attached hydrogens (tertiary/aromatic N) is 7. The molecule has 3 saturated heterocycles.